The van der Waals surface area contributed by atoms with E-state index in [4.69, 9.17) is 16.0 Å². The summed E-state index contributed by atoms with van der Waals surface area (Å²) in [6, 6.07) is 14.5. The first-order valence-corrected chi connectivity index (χ1v) is 12.1. The second-order valence-corrected chi connectivity index (χ2v) is 11.0. The van der Waals surface area contributed by atoms with E-state index in [0.29, 0.717) is 21.9 Å². The van der Waals surface area contributed by atoms with Crippen molar-refractivity contribution < 1.29 is 18.8 Å². The lowest BCUT2D eigenvalue weighted by atomic mass is 9.65. The van der Waals surface area contributed by atoms with E-state index in [-0.39, 0.29) is 17.3 Å². The number of hydrogen-bond donors (Lipinski definition) is 0. The molecule has 0 radical (unpaired) electrons. The molecule has 1 spiro atoms. The largest absolute Gasteiger partial charge is 0.469 e. The standard InChI is InChI=1S/C29H24ClNO4/c1-28(2,3)27(34)24-23(21-9-6-14-35-21)29(25(32)18-7-4-5-8-19(18)26(29)33)22-13-10-16-15-17(30)11-12-20(16)31(22)24/h4-15,22-24H,1-3H3/t22-,23+,24+/m1/s1. The van der Waals surface area contributed by atoms with Crippen molar-refractivity contribution in [1.82, 2.24) is 0 Å². The smallest absolute Gasteiger partial charge is 0.180 e. The number of ketones is 3. The van der Waals surface area contributed by atoms with E-state index < -0.39 is 28.8 Å². The summed E-state index contributed by atoms with van der Waals surface area (Å²) in [5, 5.41) is 0.572. The Morgan fingerprint density at radius 3 is 2.29 bits per heavy atom. The minimum absolute atomic E-state index is 0.0615. The Bertz CT molecular complexity index is 1390. The lowest BCUT2D eigenvalue weighted by Crippen LogP contribution is -2.49. The van der Waals surface area contributed by atoms with Crippen LogP contribution in [0.2, 0.25) is 5.02 Å². The normalized spacial score (nSPS) is 24.0. The number of benzene rings is 2. The van der Waals surface area contributed by atoms with Gasteiger partial charge in [-0.1, -0.05) is 68.8 Å². The van der Waals surface area contributed by atoms with Crippen LogP contribution in [0.4, 0.5) is 5.69 Å². The third-order valence-electron chi connectivity index (χ3n) is 7.62. The zero-order chi connectivity index (χ0) is 24.7. The molecule has 0 unspecified atom stereocenters. The molecule has 3 aromatic rings. The lowest BCUT2D eigenvalue weighted by molar-refractivity contribution is -0.128. The third-order valence-corrected chi connectivity index (χ3v) is 7.86. The fraction of sp³-hybridized carbons (Fsp3) is 0.276. The van der Waals surface area contributed by atoms with Gasteiger partial charge in [0.2, 0.25) is 0 Å². The van der Waals surface area contributed by atoms with Gasteiger partial charge in [-0.15, -0.1) is 0 Å². The molecule has 1 saturated heterocycles. The van der Waals surface area contributed by atoms with Gasteiger partial charge >= 0.3 is 0 Å². The summed E-state index contributed by atoms with van der Waals surface area (Å²) in [5.74, 6) is -0.927. The Balaban J connectivity index is 1.69. The Morgan fingerprint density at radius 2 is 1.69 bits per heavy atom. The number of Topliss-reactive ketones (excluding diaryl/α,β-unsaturated/α-hetero) is 3. The minimum atomic E-state index is -1.53. The average molecular weight is 486 g/mol. The number of nitrogens with zero attached hydrogens (tertiary/aromatic N) is 1. The van der Waals surface area contributed by atoms with Gasteiger partial charge in [-0.2, -0.15) is 0 Å². The molecule has 0 saturated carbocycles. The van der Waals surface area contributed by atoms with E-state index in [9.17, 15) is 14.4 Å². The van der Waals surface area contributed by atoms with Crippen LogP contribution in [0.1, 0.15) is 58.7 Å². The molecule has 1 aromatic heterocycles. The first-order chi connectivity index (χ1) is 16.7. The Labute approximate surface area is 208 Å². The van der Waals surface area contributed by atoms with Crippen molar-refractivity contribution in [3.63, 3.8) is 0 Å². The molecule has 0 bridgehead atoms. The van der Waals surface area contributed by atoms with Crippen molar-refractivity contribution in [3.05, 3.63) is 94.4 Å². The predicted octanol–water partition coefficient (Wildman–Crippen LogP) is 5.98. The van der Waals surface area contributed by atoms with Crippen LogP contribution < -0.4 is 4.90 Å². The molecule has 3 atom stereocenters. The van der Waals surface area contributed by atoms with Crippen LogP contribution in [0.5, 0.6) is 0 Å². The molecule has 0 N–H and O–H groups in total. The van der Waals surface area contributed by atoms with E-state index in [0.717, 1.165) is 11.3 Å². The second-order valence-electron chi connectivity index (χ2n) is 10.5. The van der Waals surface area contributed by atoms with Crippen LogP contribution in [0, 0.1) is 10.8 Å². The van der Waals surface area contributed by atoms with Gasteiger partial charge in [-0.25, -0.2) is 0 Å². The quantitative estimate of drug-likeness (QED) is 0.417. The zero-order valence-corrected chi connectivity index (χ0v) is 20.4. The van der Waals surface area contributed by atoms with Crippen molar-refractivity contribution in [2.24, 2.45) is 10.8 Å². The summed E-state index contributed by atoms with van der Waals surface area (Å²) < 4.78 is 5.88. The molecule has 6 rings (SSSR count). The summed E-state index contributed by atoms with van der Waals surface area (Å²) in [7, 11) is 0. The van der Waals surface area contributed by atoms with Crippen LogP contribution in [-0.4, -0.2) is 29.4 Å². The van der Waals surface area contributed by atoms with E-state index in [1.54, 1.807) is 42.5 Å². The molecule has 176 valence electrons. The molecule has 2 aromatic carbocycles. The third kappa shape index (κ3) is 2.79. The summed E-state index contributed by atoms with van der Waals surface area (Å²) in [4.78, 5) is 44.8. The minimum Gasteiger partial charge on any atom is -0.469 e. The van der Waals surface area contributed by atoms with Gasteiger partial charge in [0.05, 0.1) is 18.2 Å². The number of fused-ring (bicyclic) bond motifs is 5. The molecular formula is C29H24ClNO4. The highest BCUT2D eigenvalue weighted by molar-refractivity contribution is 6.32. The van der Waals surface area contributed by atoms with E-state index >= 15 is 0 Å². The lowest BCUT2D eigenvalue weighted by Gasteiger charge is -2.38. The van der Waals surface area contributed by atoms with E-state index in [1.165, 1.54) is 6.26 Å². The summed E-state index contributed by atoms with van der Waals surface area (Å²) >= 11 is 6.29. The Kier molecular flexibility index (Phi) is 4.59. The highest BCUT2D eigenvalue weighted by atomic mass is 35.5. The van der Waals surface area contributed by atoms with Crippen molar-refractivity contribution in [1.29, 1.82) is 0 Å². The van der Waals surface area contributed by atoms with Gasteiger partial charge in [-0.3, -0.25) is 14.4 Å². The summed E-state index contributed by atoms with van der Waals surface area (Å²) in [6.45, 7) is 5.60. The van der Waals surface area contributed by atoms with Crippen molar-refractivity contribution >= 4 is 40.7 Å². The van der Waals surface area contributed by atoms with Crippen LogP contribution in [-0.2, 0) is 4.79 Å². The number of hydrogen-bond acceptors (Lipinski definition) is 5. The van der Waals surface area contributed by atoms with Gasteiger partial charge in [0.1, 0.15) is 17.2 Å². The van der Waals surface area contributed by atoms with Crippen LogP contribution >= 0.6 is 11.6 Å². The molecule has 2 aliphatic heterocycles. The highest BCUT2D eigenvalue weighted by Crippen LogP contribution is 2.61. The molecular weight excluding hydrogens is 462 g/mol. The molecule has 5 nitrogen and oxygen atoms in total. The van der Waals surface area contributed by atoms with Crippen molar-refractivity contribution in [2.75, 3.05) is 4.90 Å². The monoisotopic (exact) mass is 485 g/mol. The Hall–Kier alpha value is -3.44. The van der Waals surface area contributed by atoms with Crippen LogP contribution in [0.25, 0.3) is 6.08 Å². The second kappa shape index (κ2) is 7.28. The number of carbonyl (C=O) groups excluding carboxylic acids is 3. The van der Waals surface area contributed by atoms with Gasteiger partial charge < -0.3 is 9.32 Å². The fourth-order valence-electron chi connectivity index (χ4n) is 6.17. The molecule has 3 aliphatic rings. The SMILES string of the molecule is CC(C)(C)C(=O)[C@@H]1[C@H](c2ccco2)C2(C(=O)c3ccccc3C2=O)[C@H]2C=Cc3cc(Cl)ccc3N12. The van der Waals surface area contributed by atoms with Gasteiger partial charge in [-0.05, 0) is 35.9 Å². The average Bonchev–Trinajstić information content (AvgIpc) is 3.51. The van der Waals surface area contributed by atoms with E-state index in [1.807, 2.05) is 50.0 Å². The van der Waals surface area contributed by atoms with Crippen LogP contribution in [0.3, 0.4) is 0 Å². The molecule has 1 aliphatic carbocycles. The molecule has 35 heavy (non-hydrogen) atoms. The number of anilines is 1. The van der Waals surface area contributed by atoms with Crippen molar-refractivity contribution in [3.8, 4) is 0 Å². The van der Waals surface area contributed by atoms with Gasteiger partial charge in [0, 0.05) is 27.3 Å². The highest BCUT2D eigenvalue weighted by Gasteiger charge is 2.72. The van der Waals surface area contributed by atoms with Crippen LogP contribution in [0.15, 0.2) is 71.4 Å². The molecule has 1 fully saturated rings. The maximum absolute atomic E-state index is 14.3. The number of carbonyl (C=O) groups is 3. The molecule has 6 heteroatoms. The number of halogens is 1. The fourth-order valence-corrected chi connectivity index (χ4v) is 6.35. The number of furan rings is 1. The molecule has 3 heterocycles. The van der Waals surface area contributed by atoms with Gasteiger partial charge in [0.15, 0.2) is 17.3 Å². The first-order valence-electron chi connectivity index (χ1n) is 11.7. The van der Waals surface area contributed by atoms with Crippen molar-refractivity contribution in [2.45, 2.75) is 38.8 Å². The summed E-state index contributed by atoms with van der Waals surface area (Å²) in [5.41, 5.74) is 0.152. The predicted molar refractivity (Wildman–Crippen MR) is 134 cm³/mol. The number of rotatable bonds is 2. The first kappa shape index (κ1) is 22.1. The summed E-state index contributed by atoms with van der Waals surface area (Å²) in [6.07, 6.45) is 5.31. The maximum atomic E-state index is 14.3. The topological polar surface area (TPSA) is 67.6 Å². The molecule has 0 amide bonds. The van der Waals surface area contributed by atoms with Gasteiger partial charge in [0.25, 0.3) is 0 Å². The Morgan fingerprint density at radius 1 is 1.00 bits per heavy atom. The zero-order valence-electron chi connectivity index (χ0n) is 19.6. The maximum Gasteiger partial charge on any atom is 0.180 e. The van der Waals surface area contributed by atoms with E-state index in [2.05, 4.69) is 0 Å².